The second kappa shape index (κ2) is 5.08. The van der Waals surface area contributed by atoms with E-state index in [0.29, 0.717) is 0 Å². The van der Waals surface area contributed by atoms with E-state index in [1.807, 2.05) is 0 Å². The van der Waals surface area contributed by atoms with Crippen molar-refractivity contribution in [2.45, 2.75) is 52.9 Å². The molecule has 2 saturated carbocycles. The molecule has 1 heteroatoms. The fraction of sp³-hybridized carbons (Fsp3) is 1.00. The van der Waals surface area contributed by atoms with E-state index in [1.165, 1.54) is 32.1 Å². The minimum atomic E-state index is 0.821. The molecular formula is C15H29N. The highest BCUT2D eigenvalue weighted by atomic mass is 14.6. The number of fused-ring (bicyclic) bond motifs is 1. The Bertz CT molecular complexity index is 225. The van der Waals surface area contributed by atoms with Crippen LogP contribution in [0.4, 0.5) is 0 Å². The lowest BCUT2D eigenvalue weighted by atomic mass is 9.53. The van der Waals surface area contributed by atoms with E-state index in [2.05, 4.69) is 20.8 Å². The summed E-state index contributed by atoms with van der Waals surface area (Å²) in [5.41, 5.74) is 6.00. The maximum Gasteiger partial charge on any atom is -0.00460 e. The lowest BCUT2D eigenvalue weighted by molar-refractivity contribution is -0.0448. The van der Waals surface area contributed by atoms with E-state index < -0.39 is 0 Å². The highest BCUT2D eigenvalue weighted by Crippen LogP contribution is 2.60. The zero-order chi connectivity index (χ0) is 11.7. The zero-order valence-electron chi connectivity index (χ0n) is 11.3. The molecule has 16 heavy (non-hydrogen) atoms. The van der Waals surface area contributed by atoms with Gasteiger partial charge in [0.2, 0.25) is 0 Å². The minimum absolute atomic E-state index is 0.821. The summed E-state index contributed by atoms with van der Waals surface area (Å²) in [5.74, 6) is 5.80. The van der Waals surface area contributed by atoms with Gasteiger partial charge in [-0.05, 0) is 54.9 Å². The molecule has 0 amide bonds. The molecule has 1 nitrogen and oxygen atoms in total. The van der Waals surface area contributed by atoms with E-state index in [-0.39, 0.29) is 0 Å². The summed E-state index contributed by atoms with van der Waals surface area (Å²) in [6.07, 6.45) is 7.03. The van der Waals surface area contributed by atoms with Gasteiger partial charge in [-0.1, -0.05) is 40.0 Å². The molecule has 2 rings (SSSR count). The molecule has 0 bridgehead atoms. The number of hydrogen-bond donors (Lipinski definition) is 1. The van der Waals surface area contributed by atoms with E-state index in [0.717, 1.165) is 42.1 Å². The molecule has 0 heterocycles. The van der Waals surface area contributed by atoms with Crippen LogP contribution in [0.25, 0.3) is 0 Å². The Morgan fingerprint density at radius 2 is 2.00 bits per heavy atom. The molecule has 2 fully saturated rings. The van der Waals surface area contributed by atoms with Crippen LogP contribution < -0.4 is 5.73 Å². The predicted molar refractivity (Wildman–Crippen MR) is 70.1 cm³/mol. The van der Waals surface area contributed by atoms with E-state index in [4.69, 9.17) is 5.73 Å². The number of unbranched alkanes of at least 4 members (excludes halogenated alkanes) is 1. The quantitative estimate of drug-likeness (QED) is 0.756. The van der Waals surface area contributed by atoms with Gasteiger partial charge < -0.3 is 5.73 Å². The van der Waals surface area contributed by atoms with Gasteiger partial charge in [0.1, 0.15) is 0 Å². The van der Waals surface area contributed by atoms with Crippen molar-refractivity contribution in [1.29, 1.82) is 0 Å². The van der Waals surface area contributed by atoms with Crippen LogP contribution in [0, 0.1) is 35.5 Å². The Morgan fingerprint density at radius 1 is 1.25 bits per heavy atom. The average molecular weight is 223 g/mol. The molecule has 0 aromatic carbocycles. The van der Waals surface area contributed by atoms with Crippen LogP contribution in [0.3, 0.4) is 0 Å². The van der Waals surface area contributed by atoms with Gasteiger partial charge in [-0.3, -0.25) is 0 Å². The highest BCUT2D eigenvalue weighted by molar-refractivity contribution is 5.03. The van der Waals surface area contributed by atoms with Crippen molar-refractivity contribution < 1.29 is 0 Å². The first-order chi connectivity index (χ1) is 7.70. The largest absolute Gasteiger partial charge is 0.330 e. The van der Waals surface area contributed by atoms with Crippen molar-refractivity contribution in [3.8, 4) is 0 Å². The SMILES string of the molecule is CCCCC(CN)C1C(C)C2C(C)CCC21. The summed E-state index contributed by atoms with van der Waals surface area (Å²) in [5, 5.41) is 0. The van der Waals surface area contributed by atoms with Gasteiger partial charge in [-0.15, -0.1) is 0 Å². The predicted octanol–water partition coefficient (Wildman–Crippen LogP) is 3.68. The van der Waals surface area contributed by atoms with Gasteiger partial charge in [0.05, 0.1) is 0 Å². The first kappa shape index (κ1) is 12.4. The molecule has 2 aliphatic carbocycles. The van der Waals surface area contributed by atoms with Crippen molar-refractivity contribution in [1.82, 2.24) is 0 Å². The highest BCUT2D eigenvalue weighted by Gasteiger charge is 2.54. The van der Waals surface area contributed by atoms with Gasteiger partial charge in [0.15, 0.2) is 0 Å². The second-order valence-electron chi connectivity index (χ2n) is 6.37. The van der Waals surface area contributed by atoms with E-state index >= 15 is 0 Å². The summed E-state index contributed by atoms with van der Waals surface area (Å²) in [6.45, 7) is 8.16. The third kappa shape index (κ3) is 1.92. The van der Waals surface area contributed by atoms with E-state index in [9.17, 15) is 0 Å². The summed E-state index contributed by atoms with van der Waals surface area (Å²) >= 11 is 0. The molecule has 0 radical (unpaired) electrons. The van der Waals surface area contributed by atoms with Crippen molar-refractivity contribution in [3.63, 3.8) is 0 Å². The van der Waals surface area contributed by atoms with Gasteiger partial charge in [0, 0.05) is 0 Å². The van der Waals surface area contributed by atoms with Crippen molar-refractivity contribution in [2.24, 2.45) is 41.2 Å². The van der Waals surface area contributed by atoms with Crippen LogP contribution in [-0.2, 0) is 0 Å². The summed E-state index contributed by atoms with van der Waals surface area (Å²) in [6, 6.07) is 0. The van der Waals surface area contributed by atoms with Crippen LogP contribution in [0.15, 0.2) is 0 Å². The van der Waals surface area contributed by atoms with Gasteiger partial charge in [-0.25, -0.2) is 0 Å². The van der Waals surface area contributed by atoms with Crippen LogP contribution in [0.1, 0.15) is 52.9 Å². The third-order valence-corrected chi connectivity index (χ3v) is 5.59. The lowest BCUT2D eigenvalue weighted by Crippen LogP contribution is -2.49. The average Bonchev–Trinajstić information content (AvgIpc) is 2.61. The summed E-state index contributed by atoms with van der Waals surface area (Å²) in [4.78, 5) is 0. The maximum atomic E-state index is 6.00. The Kier molecular flexibility index (Phi) is 3.94. The second-order valence-corrected chi connectivity index (χ2v) is 6.37. The van der Waals surface area contributed by atoms with Crippen LogP contribution in [-0.4, -0.2) is 6.54 Å². The number of nitrogens with two attached hydrogens (primary N) is 1. The number of rotatable bonds is 5. The molecule has 6 unspecified atom stereocenters. The van der Waals surface area contributed by atoms with Crippen molar-refractivity contribution in [3.05, 3.63) is 0 Å². The molecule has 2 N–H and O–H groups in total. The van der Waals surface area contributed by atoms with Gasteiger partial charge in [-0.2, -0.15) is 0 Å². The van der Waals surface area contributed by atoms with Crippen LogP contribution in [0.2, 0.25) is 0 Å². The van der Waals surface area contributed by atoms with E-state index in [1.54, 1.807) is 0 Å². The first-order valence-corrected chi connectivity index (χ1v) is 7.40. The minimum Gasteiger partial charge on any atom is -0.330 e. The summed E-state index contributed by atoms with van der Waals surface area (Å²) in [7, 11) is 0. The third-order valence-electron chi connectivity index (χ3n) is 5.59. The van der Waals surface area contributed by atoms with Crippen molar-refractivity contribution >= 4 is 0 Å². The Morgan fingerprint density at radius 3 is 2.62 bits per heavy atom. The molecule has 0 saturated heterocycles. The normalized spacial score (nSPS) is 43.9. The van der Waals surface area contributed by atoms with Crippen LogP contribution >= 0.6 is 0 Å². The molecule has 2 aliphatic rings. The monoisotopic (exact) mass is 223 g/mol. The topological polar surface area (TPSA) is 26.0 Å². The molecule has 0 spiro atoms. The zero-order valence-corrected chi connectivity index (χ0v) is 11.3. The summed E-state index contributed by atoms with van der Waals surface area (Å²) < 4.78 is 0. The van der Waals surface area contributed by atoms with Gasteiger partial charge in [0.25, 0.3) is 0 Å². The standard InChI is InChI=1S/C15H29N/c1-4-5-6-12(9-16)15-11(3)14-10(2)7-8-13(14)15/h10-15H,4-9,16H2,1-3H3. The van der Waals surface area contributed by atoms with Gasteiger partial charge >= 0.3 is 0 Å². The molecule has 0 aliphatic heterocycles. The Balaban J connectivity index is 1.94. The Labute approximate surface area is 101 Å². The lowest BCUT2D eigenvalue weighted by Gasteiger charge is -2.53. The molecule has 0 aromatic heterocycles. The van der Waals surface area contributed by atoms with Crippen LogP contribution in [0.5, 0.6) is 0 Å². The number of hydrogen-bond acceptors (Lipinski definition) is 1. The molecule has 0 aromatic rings. The Hall–Kier alpha value is -0.0400. The molecule has 6 atom stereocenters. The molecular weight excluding hydrogens is 194 g/mol. The fourth-order valence-corrected chi connectivity index (χ4v) is 4.83. The van der Waals surface area contributed by atoms with Crippen molar-refractivity contribution in [2.75, 3.05) is 6.54 Å². The molecule has 94 valence electrons. The fourth-order valence-electron chi connectivity index (χ4n) is 4.83. The smallest absolute Gasteiger partial charge is 0.00460 e. The maximum absolute atomic E-state index is 6.00. The first-order valence-electron chi connectivity index (χ1n) is 7.40.